The molecule has 1 saturated heterocycles. The van der Waals surface area contributed by atoms with E-state index in [2.05, 4.69) is 33.0 Å². The van der Waals surface area contributed by atoms with Gasteiger partial charge in [0.15, 0.2) is 0 Å². The number of methoxy groups -OCH3 is 2. The molecule has 0 aromatic heterocycles. The molecule has 0 spiro atoms. The van der Waals surface area contributed by atoms with Crippen molar-refractivity contribution in [1.29, 1.82) is 0 Å². The Morgan fingerprint density at radius 2 is 1.67 bits per heavy atom. The van der Waals surface area contributed by atoms with Crippen molar-refractivity contribution in [3.8, 4) is 0 Å². The average molecular weight is 272 g/mol. The van der Waals surface area contributed by atoms with E-state index in [1.54, 1.807) is 14.2 Å². The molecule has 0 bridgehead atoms. The van der Waals surface area contributed by atoms with Crippen LogP contribution in [0, 0.1) is 0 Å². The molecule has 1 aromatic carbocycles. The molecule has 2 rings (SSSR count). The molecule has 0 aliphatic carbocycles. The zero-order valence-corrected chi connectivity index (χ0v) is 10.5. The summed E-state index contributed by atoms with van der Waals surface area (Å²) in [5.74, 6) is -0.410. The normalized spacial score (nSPS) is 18.7. The molecule has 15 heavy (non-hydrogen) atoms. The third kappa shape index (κ3) is 2.02. The van der Waals surface area contributed by atoms with E-state index in [1.165, 1.54) is 5.69 Å². The highest BCUT2D eigenvalue weighted by Gasteiger charge is 2.43. The van der Waals surface area contributed by atoms with Crippen LogP contribution in [0.2, 0.25) is 0 Å². The Morgan fingerprint density at radius 1 is 1.13 bits per heavy atom. The summed E-state index contributed by atoms with van der Waals surface area (Å²) in [5.41, 5.74) is 1.20. The maximum absolute atomic E-state index is 5.33. The molecule has 0 saturated carbocycles. The molecule has 3 nitrogen and oxygen atoms in total. The first-order chi connectivity index (χ1) is 7.19. The minimum atomic E-state index is -0.410. The van der Waals surface area contributed by atoms with Gasteiger partial charge < -0.3 is 14.4 Å². The van der Waals surface area contributed by atoms with Crippen molar-refractivity contribution >= 4 is 21.6 Å². The van der Waals surface area contributed by atoms with E-state index in [0.717, 1.165) is 17.6 Å². The molecule has 0 unspecified atom stereocenters. The zero-order valence-electron chi connectivity index (χ0n) is 8.87. The highest BCUT2D eigenvalue weighted by atomic mass is 79.9. The van der Waals surface area contributed by atoms with Gasteiger partial charge in [-0.1, -0.05) is 15.9 Å². The zero-order chi connectivity index (χ0) is 10.9. The number of hydrogen-bond acceptors (Lipinski definition) is 3. The summed E-state index contributed by atoms with van der Waals surface area (Å²) in [6.45, 7) is 1.56. The molecule has 1 aliphatic heterocycles. The Morgan fingerprint density at radius 3 is 2.13 bits per heavy atom. The van der Waals surface area contributed by atoms with Crippen LogP contribution in [0.3, 0.4) is 0 Å². The summed E-state index contributed by atoms with van der Waals surface area (Å²) in [6.07, 6.45) is 0. The van der Waals surface area contributed by atoms with Crippen LogP contribution in [0.4, 0.5) is 5.69 Å². The van der Waals surface area contributed by atoms with Crippen LogP contribution in [0.5, 0.6) is 0 Å². The standard InChI is InChI=1S/C11H14BrNO2/c1-14-11(15-2)7-13(8-11)10-5-3-9(12)4-6-10/h3-6H,7-8H2,1-2H3. The number of halogens is 1. The van der Waals surface area contributed by atoms with E-state index in [4.69, 9.17) is 9.47 Å². The summed E-state index contributed by atoms with van der Waals surface area (Å²) in [4.78, 5) is 2.22. The smallest absolute Gasteiger partial charge is 0.203 e. The van der Waals surface area contributed by atoms with E-state index in [-0.39, 0.29) is 0 Å². The van der Waals surface area contributed by atoms with E-state index in [1.807, 2.05) is 12.1 Å². The molecule has 1 fully saturated rings. The molecule has 1 aromatic rings. The second kappa shape index (κ2) is 4.12. The van der Waals surface area contributed by atoms with Crippen molar-refractivity contribution in [2.45, 2.75) is 5.79 Å². The molecule has 0 amide bonds. The largest absolute Gasteiger partial charge is 0.361 e. The molecule has 0 N–H and O–H groups in total. The van der Waals surface area contributed by atoms with Gasteiger partial charge in [0, 0.05) is 24.4 Å². The fraction of sp³-hybridized carbons (Fsp3) is 0.455. The first-order valence-electron chi connectivity index (χ1n) is 4.80. The fourth-order valence-corrected chi connectivity index (χ4v) is 1.98. The summed E-state index contributed by atoms with van der Waals surface area (Å²) in [6, 6.07) is 8.24. The number of nitrogens with zero attached hydrogens (tertiary/aromatic N) is 1. The van der Waals surface area contributed by atoms with Gasteiger partial charge >= 0.3 is 0 Å². The average Bonchev–Trinajstić information content (AvgIpc) is 2.20. The summed E-state index contributed by atoms with van der Waals surface area (Å²) in [7, 11) is 3.37. The van der Waals surface area contributed by atoms with Crippen molar-refractivity contribution in [1.82, 2.24) is 0 Å². The highest BCUT2D eigenvalue weighted by molar-refractivity contribution is 9.10. The summed E-state index contributed by atoms with van der Waals surface area (Å²) in [5, 5.41) is 0. The van der Waals surface area contributed by atoms with Crippen LogP contribution in [0.15, 0.2) is 28.7 Å². The first kappa shape index (κ1) is 10.9. The second-order valence-electron chi connectivity index (χ2n) is 3.65. The monoisotopic (exact) mass is 271 g/mol. The maximum atomic E-state index is 5.33. The van der Waals surface area contributed by atoms with Crippen molar-refractivity contribution < 1.29 is 9.47 Å². The van der Waals surface area contributed by atoms with Gasteiger partial charge in [-0.15, -0.1) is 0 Å². The third-order valence-corrected chi connectivity index (χ3v) is 3.33. The second-order valence-corrected chi connectivity index (χ2v) is 4.57. The van der Waals surface area contributed by atoms with Crippen LogP contribution in [-0.2, 0) is 9.47 Å². The molecule has 0 radical (unpaired) electrons. The molecular formula is C11H14BrNO2. The minimum absolute atomic E-state index is 0.410. The number of anilines is 1. The van der Waals surface area contributed by atoms with Crippen LogP contribution in [-0.4, -0.2) is 33.1 Å². The molecular weight excluding hydrogens is 258 g/mol. The van der Waals surface area contributed by atoms with Gasteiger partial charge in [0.2, 0.25) is 5.79 Å². The number of ether oxygens (including phenoxy) is 2. The van der Waals surface area contributed by atoms with E-state index in [0.29, 0.717) is 0 Å². The molecule has 4 heteroatoms. The predicted octanol–water partition coefficient (Wildman–Crippen LogP) is 2.26. The van der Waals surface area contributed by atoms with Crippen molar-refractivity contribution in [3.05, 3.63) is 28.7 Å². The van der Waals surface area contributed by atoms with Gasteiger partial charge in [-0.05, 0) is 24.3 Å². The quantitative estimate of drug-likeness (QED) is 0.788. The molecule has 1 heterocycles. The van der Waals surface area contributed by atoms with Gasteiger partial charge in [0.05, 0.1) is 13.1 Å². The molecule has 82 valence electrons. The fourth-order valence-electron chi connectivity index (χ4n) is 1.71. The number of hydrogen-bond donors (Lipinski definition) is 0. The third-order valence-electron chi connectivity index (χ3n) is 2.80. The molecule has 0 atom stereocenters. The lowest BCUT2D eigenvalue weighted by atomic mass is 10.1. The Bertz CT molecular complexity index is 327. The Balaban J connectivity index is 2.02. The minimum Gasteiger partial charge on any atom is -0.361 e. The lowest BCUT2D eigenvalue weighted by molar-refractivity contribution is -0.219. The number of benzene rings is 1. The van der Waals surface area contributed by atoms with Gasteiger partial charge in [0.25, 0.3) is 0 Å². The van der Waals surface area contributed by atoms with E-state index in [9.17, 15) is 0 Å². The predicted molar refractivity (Wildman–Crippen MR) is 63.1 cm³/mol. The summed E-state index contributed by atoms with van der Waals surface area (Å²) < 4.78 is 11.7. The van der Waals surface area contributed by atoms with Crippen molar-refractivity contribution in [2.24, 2.45) is 0 Å². The number of rotatable bonds is 3. The van der Waals surface area contributed by atoms with Crippen LogP contribution < -0.4 is 4.90 Å². The first-order valence-corrected chi connectivity index (χ1v) is 5.59. The van der Waals surface area contributed by atoms with Gasteiger partial charge in [-0.3, -0.25) is 0 Å². The Labute approximate surface area is 98.1 Å². The Hall–Kier alpha value is -0.580. The van der Waals surface area contributed by atoms with Crippen molar-refractivity contribution in [2.75, 3.05) is 32.2 Å². The van der Waals surface area contributed by atoms with E-state index >= 15 is 0 Å². The lowest BCUT2D eigenvalue weighted by Gasteiger charge is -2.48. The van der Waals surface area contributed by atoms with Crippen LogP contribution >= 0.6 is 15.9 Å². The van der Waals surface area contributed by atoms with Crippen LogP contribution in [0.1, 0.15) is 0 Å². The summed E-state index contributed by atoms with van der Waals surface area (Å²) >= 11 is 3.42. The van der Waals surface area contributed by atoms with Gasteiger partial charge in [-0.25, -0.2) is 0 Å². The molecule has 1 aliphatic rings. The topological polar surface area (TPSA) is 21.7 Å². The van der Waals surface area contributed by atoms with Gasteiger partial charge in [0.1, 0.15) is 0 Å². The SMILES string of the molecule is COC1(OC)CN(c2ccc(Br)cc2)C1. The van der Waals surface area contributed by atoms with Gasteiger partial charge in [-0.2, -0.15) is 0 Å². The Kier molecular flexibility index (Phi) is 3.00. The van der Waals surface area contributed by atoms with E-state index < -0.39 is 5.79 Å². The maximum Gasteiger partial charge on any atom is 0.203 e. The highest BCUT2D eigenvalue weighted by Crippen LogP contribution is 2.31. The lowest BCUT2D eigenvalue weighted by Crippen LogP contribution is -2.64. The van der Waals surface area contributed by atoms with Crippen molar-refractivity contribution in [3.63, 3.8) is 0 Å². The van der Waals surface area contributed by atoms with Crippen LogP contribution in [0.25, 0.3) is 0 Å².